The van der Waals surface area contributed by atoms with E-state index in [2.05, 4.69) is 81.0 Å². The first-order valence-electron chi connectivity index (χ1n) is 9.84. The molecule has 2 unspecified atom stereocenters. The van der Waals surface area contributed by atoms with Crippen LogP contribution in [0.4, 0.5) is 0 Å². The molecule has 1 fully saturated rings. The Labute approximate surface area is 193 Å². The molecule has 3 aliphatic rings. The zero-order valence-electron chi connectivity index (χ0n) is 17.3. The van der Waals surface area contributed by atoms with E-state index in [1.54, 1.807) is 0 Å². The topological polar surface area (TPSA) is 0 Å². The predicted octanol–water partition coefficient (Wildman–Crippen LogP) is 7.36. The molecule has 2 radical (unpaired) electrons. The molecule has 2 atom stereocenters. The van der Waals surface area contributed by atoms with Gasteiger partial charge in [0.15, 0.2) is 0 Å². The SMILES string of the molecule is C1CC[Si]C1.CC1=Cc2ccccc2C1[CH-]C1C(C)=Cc2ccccc21.[CH3-].[Zr+2]. The van der Waals surface area contributed by atoms with Gasteiger partial charge < -0.3 is 13.8 Å². The summed E-state index contributed by atoms with van der Waals surface area (Å²) >= 11 is 0. The maximum atomic E-state index is 2.52. The smallest absolute Gasteiger partial charge is 0.358 e. The van der Waals surface area contributed by atoms with Gasteiger partial charge in [-0.25, -0.2) is 0 Å². The van der Waals surface area contributed by atoms with Gasteiger partial charge in [-0.05, 0) is 25.0 Å². The number of hydrogen-bond donors (Lipinski definition) is 0. The molecule has 5 rings (SSSR count). The average molecular weight is 462 g/mol. The zero-order chi connectivity index (χ0) is 17.9. The van der Waals surface area contributed by atoms with Crippen molar-refractivity contribution in [3.8, 4) is 0 Å². The monoisotopic (exact) mass is 460 g/mol. The summed E-state index contributed by atoms with van der Waals surface area (Å²) in [6, 6.07) is 20.6. The molecular formula is C26H30SiZr. The van der Waals surface area contributed by atoms with Crippen molar-refractivity contribution in [3.63, 3.8) is 0 Å². The van der Waals surface area contributed by atoms with E-state index >= 15 is 0 Å². The van der Waals surface area contributed by atoms with E-state index in [9.17, 15) is 0 Å². The number of allylic oxidation sites excluding steroid dienone is 2. The van der Waals surface area contributed by atoms with Gasteiger partial charge in [-0.3, -0.25) is 0 Å². The molecule has 0 nitrogen and oxygen atoms in total. The van der Waals surface area contributed by atoms with Crippen LogP contribution >= 0.6 is 0 Å². The maximum absolute atomic E-state index is 2.52. The van der Waals surface area contributed by atoms with Crippen molar-refractivity contribution in [3.05, 3.63) is 95.8 Å². The predicted molar refractivity (Wildman–Crippen MR) is 121 cm³/mol. The third kappa shape index (κ3) is 4.95. The molecule has 1 heterocycles. The molecule has 1 saturated heterocycles. The van der Waals surface area contributed by atoms with Crippen LogP contribution in [0.3, 0.4) is 0 Å². The molecule has 0 bridgehead atoms. The van der Waals surface area contributed by atoms with Gasteiger partial charge in [0, 0.05) is 9.52 Å². The molecule has 2 heteroatoms. The van der Waals surface area contributed by atoms with Crippen LogP contribution in [0.1, 0.15) is 60.8 Å². The summed E-state index contributed by atoms with van der Waals surface area (Å²) in [4.78, 5) is 0. The molecule has 2 aliphatic carbocycles. The van der Waals surface area contributed by atoms with Crippen molar-refractivity contribution in [2.45, 2.75) is 50.6 Å². The Morgan fingerprint density at radius 3 is 1.57 bits per heavy atom. The number of fused-ring (bicyclic) bond motifs is 2. The second-order valence-electron chi connectivity index (χ2n) is 7.64. The summed E-state index contributed by atoms with van der Waals surface area (Å²) in [5.41, 5.74) is 8.56. The molecule has 0 spiro atoms. The molecule has 28 heavy (non-hydrogen) atoms. The maximum Gasteiger partial charge on any atom is 2.00 e. The number of rotatable bonds is 2. The van der Waals surface area contributed by atoms with Crippen LogP contribution in [0.25, 0.3) is 12.2 Å². The fourth-order valence-corrected chi connectivity index (χ4v) is 5.59. The largest absolute Gasteiger partial charge is 2.00 e. The van der Waals surface area contributed by atoms with E-state index < -0.39 is 0 Å². The average Bonchev–Trinajstić information content (AvgIpc) is 3.38. The van der Waals surface area contributed by atoms with Crippen molar-refractivity contribution in [2.24, 2.45) is 0 Å². The van der Waals surface area contributed by atoms with Crippen molar-refractivity contribution in [2.75, 3.05) is 0 Å². The molecule has 0 amide bonds. The second kappa shape index (κ2) is 10.7. The van der Waals surface area contributed by atoms with Gasteiger partial charge in [-0.1, -0.05) is 108 Å². The number of benzene rings is 2. The normalized spacial score (nSPS) is 21.2. The van der Waals surface area contributed by atoms with E-state index in [0.29, 0.717) is 11.8 Å². The minimum atomic E-state index is 0. The van der Waals surface area contributed by atoms with E-state index in [1.807, 2.05) is 0 Å². The molecule has 142 valence electrons. The molecule has 1 aliphatic heterocycles. The second-order valence-corrected chi connectivity index (χ2v) is 9.14. The van der Waals surface area contributed by atoms with Gasteiger partial charge >= 0.3 is 26.2 Å². The first kappa shape index (κ1) is 23.3. The quantitative estimate of drug-likeness (QED) is 0.324. The van der Waals surface area contributed by atoms with Crippen LogP contribution in [0.5, 0.6) is 0 Å². The van der Waals surface area contributed by atoms with Crippen molar-refractivity contribution in [1.82, 2.24) is 0 Å². The summed E-state index contributed by atoms with van der Waals surface area (Å²) in [5, 5.41) is 0. The first-order chi connectivity index (χ1) is 12.7. The van der Waals surface area contributed by atoms with Gasteiger partial charge in [-0.2, -0.15) is 0 Å². The number of hydrogen-bond acceptors (Lipinski definition) is 0. The van der Waals surface area contributed by atoms with Gasteiger partial charge in [0.2, 0.25) is 0 Å². The summed E-state index contributed by atoms with van der Waals surface area (Å²) in [6.45, 7) is 4.50. The van der Waals surface area contributed by atoms with Crippen LogP contribution in [-0.2, 0) is 26.2 Å². The summed E-state index contributed by atoms with van der Waals surface area (Å²) in [5.74, 6) is 0.890. The van der Waals surface area contributed by atoms with Crippen molar-refractivity contribution >= 4 is 21.7 Å². The molecule has 2 aromatic rings. The standard InChI is InChI=1S/C21H19.C4H8Si.CH3.Zr/c1-14-11-16-7-3-5-9-18(16)20(14)13-21-15(2)12-17-8-4-6-10-19(17)21;1-2-4-5-3-1;;/h3-13,20-21H,1-2H3;1-4H2;1H3;/q-1;;-1;+2. The Hall–Kier alpha value is -0.980. The summed E-state index contributed by atoms with van der Waals surface area (Å²) in [6.07, 6.45) is 10.2. The van der Waals surface area contributed by atoms with E-state index in [4.69, 9.17) is 0 Å². The third-order valence-electron chi connectivity index (χ3n) is 5.75. The van der Waals surface area contributed by atoms with Gasteiger partial charge in [-0.15, -0.1) is 11.8 Å². The molecule has 2 aromatic carbocycles. The minimum absolute atomic E-state index is 0. The van der Waals surface area contributed by atoms with E-state index in [0.717, 1.165) is 0 Å². The van der Waals surface area contributed by atoms with Gasteiger partial charge in [0.1, 0.15) is 0 Å². The van der Waals surface area contributed by atoms with E-state index in [1.165, 1.54) is 67.8 Å². The van der Waals surface area contributed by atoms with Gasteiger partial charge in [0.05, 0.1) is 0 Å². The zero-order valence-corrected chi connectivity index (χ0v) is 20.8. The Morgan fingerprint density at radius 1 is 0.750 bits per heavy atom. The molecular weight excluding hydrogens is 432 g/mol. The molecule has 0 aromatic heterocycles. The Balaban J connectivity index is 0.000000352. The van der Waals surface area contributed by atoms with Gasteiger partial charge in [0.25, 0.3) is 0 Å². The van der Waals surface area contributed by atoms with Crippen LogP contribution in [0.15, 0.2) is 59.7 Å². The minimum Gasteiger partial charge on any atom is -0.358 e. The van der Waals surface area contributed by atoms with Crippen LogP contribution in [0.2, 0.25) is 12.1 Å². The fourth-order valence-electron chi connectivity index (χ4n) is 4.34. The summed E-state index contributed by atoms with van der Waals surface area (Å²) in [7, 11) is 1.31. The van der Waals surface area contributed by atoms with E-state index in [-0.39, 0.29) is 33.6 Å². The molecule has 0 N–H and O–H groups in total. The summed E-state index contributed by atoms with van der Waals surface area (Å²) < 4.78 is 0. The van der Waals surface area contributed by atoms with Crippen molar-refractivity contribution in [1.29, 1.82) is 0 Å². The third-order valence-corrected chi connectivity index (χ3v) is 7.17. The fraction of sp³-hybridized carbons (Fsp3) is 0.308. The van der Waals surface area contributed by atoms with Crippen LogP contribution in [0, 0.1) is 13.8 Å². The molecule has 0 saturated carbocycles. The Bertz CT molecular complexity index is 772. The Kier molecular flexibility index (Phi) is 8.90. The first-order valence-corrected chi connectivity index (χ1v) is 11.3. The van der Waals surface area contributed by atoms with Crippen molar-refractivity contribution < 1.29 is 26.2 Å². The van der Waals surface area contributed by atoms with Crippen LogP contribution < -0.4 is 0 Å². The Morgan fingerprint density at radius 2 is 1.18 bits per heavy atom. The van der Waals surface area contributed by atoms with Crippen LogP contribution in [-0.4, -0.2) is 9.52 Å².